The summed E-state index contributed by atoms with van der Waals surface area (Å²) in [7, 11) is 0. The first-order valence-electron chi connectivity index (χ1n) is 11.6. The Hall–Kier alpha value is -3.50. The molecule has 0 bridgehead atoms. The minimum Gasteiger partial charge on any atom is -0.378 e. The van der Waals surface area contributed by atoms with Gasteiger partial charge in [-0.15, -0.1) is 0 Å². The van der Waals surface area contributed by atoms with Crippen molar-refractivity contribution in [2.45, 2.75) is 13.8 Å². The molecular weight excluding hydrogens is 432 g/mol. The number of hydrazone groups is 1. The van der Waals surface area contributed by atoms with E-state index in [2.05, 4.69) is 66.9 Å². The number of aromatic nitrogens is 4. The third-order valence-electron chi connectivity index (χ3n) is 6.05. The van der Waals surface area contributed by atoms with E-state index in [0.29, 0.717) is 44.3 Å². The maximum atomic E-state index is 5.49. The Balaban J connectivity index is 1.38. The Labute approximate surface area is 199 Å². The number of aryl methyl sites for hydroxylation is 1. The molecule has 178 valence electrons. The number of morpholine rings is 2. The van der Waals surface area contributed by atoms with E-state index in [-0.39, 0.29) is 0 Å². The number of nitrogens with zero attached hydrogens (tertiary/aromatic N) is 7. The van der Waals surface area contributed by atoms with Crippen LogP contribution in [0.15, 0.2) is 41.5 Å². The molecular formula is C24H30N8O2. The fraction of sp³-hybridized carbons (Fsp3) is 0.417. The minimum atomic E-state index is 0.422. The van der Waals surface area contributed by atoms with E-state index in [1.165, 1.54) is 0 Å². The van der Waals surface area contributed by atoms with Gasteiger partial charge in [0, 0.05) is 48.8 Å². The second-order valence-electron chi connectivity index (χ2n) is 8.33. The van der Waals surface area contributed by atoms with Crippen molar-refractivity contribution in [3.05, 3.63) is 53.3 Å². The van der Waals surface area contributed by atoms with Crippen molar-refractivity contribution in [3.8, 4) is 5.69 Å². The highest BCUT2D eigenvalue weighted by Crippen LogP contribution is 2.21. The molecule has 2 saturated heterocycles. The van der Waals surface area contributed by atoms with Crippen LogP contribution in [-0.2, 0) is 9.47 Å². The third kappa shape index (κ3) is 4.87. The molecule has 4 heterocycles. The van der Waals surface area contributed by atoms with Crippen molar-refractivity contribution < 1.29 is 9.47 Å². The summed E-state index contributed by atoms with van der Waals surface area (Å²) in [6.07, 6.45) is 1.81. The van der Waals surface area contributed by atoms with Crippen LogP contribution in [0.25, 0.3) is 5.69 Å². The summed E-state index contributed by atoms with van der Waals surface area (Å²) in [5, 5.41) is 4.47. The monoisotopic (exact) mass is 462 g/mol. The summed E-state index contributed by atoms with van der Waals surface area (Å²) in [6, 6.07) is 12.4. The lowest BCUT2D eigenvalue weighted by molar-refractivity contribution is 0.121. The molecule has 3 aromatic rings. The number of anilines is 3. The first kappa shape index (κ1) is 22.3. The molecule has 0 radical (unpaired) electrons. The van der Waals surface area contributed by atoms with Gasteiger partial charge in [0.25, 0.3) is 0 Å². The first-order valence-corrected chi connectivity index (χ1v) is 11.6. The van der Waals surface area contributed by atoms with Gasteiger partial charge in [0.2, 0.25) is 17.8 Å². The average Bonchev–Trinajstić information content (AvgIpc) is 3.18. The molecule has 34 heavy (non-hydrogen) atoms. The normalized spacial score (nSPS) is 16.9. The van der Waals surface area contributed by atoms with Crippen molar-refractivity contribution in [3.63, 3.8) is 0 Å². The predicted molar refractivity (Wildman–Crippen MR) is 132 cm³/mol. The van der Waals surface area contributed by atoms with Crippen LogP contribution in [-0.4, -0.2) is 78.3 Å². The highest BCUT2D eigenvalue weighted by molar-refractivity contribution is 5.82. The number of benzene rings is 1. The molecule has 2 fully saturated rings. The van der Waals surface area contributed by atoms with Crippen LogP contribution in [0, 0.1) is 13.8 Å². The number of para-hydroxylation sites is 1. The second-order valence-corrected chi connectivity index (χ2v) is 8.33. The van der Waals surface area contributed by atoms with Gasteiger partial charge in [-0.05, 0) is 32.0 Å². The third-order valence-corrected chi connectivity index (χ3v) is 6.05. The summed E-state index contributed by atoms with van der Waals surface area (Å²) in [5.74, 6) is 1.70. The molecule has 0 atom stereocenters. The summed E-state index contributed by atoms with van der Waals surface area (Å²) < 4.78 is 13.2. The Morgan fingerprint density at radius 3 is 2.03 bits per heavy atom. The number of nitrogens with one attached hydrogen (secondary N) is 1. The van der Waals surface area contributed by atoms with E-state index < -0.39 is 0 Å². The Morgan fingerprint density at radius 1 is 0.853 bits per heavy atom. The van der Waals surface area contributed by atoms with Crippen molar-refractivity contribution in [2.75, 3.05) is 67.8 Å². The molecule has 2 aromatic heterocycles. The van der Waals surface area contributed by atoms with Gasteiger partial charge in [-0.3, -0.25) is 0 Å². The molecule has 0 spiro atoms. The highest BCUT2D eigenvalue weighted by Gasteiger charge is 2.20. The van der Waals surface area contributed by atoms with Gasteiger partial charge in [0.05, 0.1) is 32.6 Å². The van der Waals surface area contributed by atoms with E-state index in [9.17, 15) is 0 Å². The van der Waals surface area contributed by atoms with Gasteiger partial charge in [0.1, 0.15) is 0 Å². The lowest BCUT2D eigenvalue weighted by Gasteiger charge is -2.30. The van der Waals surface area contributed by atoms with E-state index in [1.54, 1.807) is 0 Å². The van der Waals surface area contributed by atoms with Crippen molar-refractivity contribution in [2.24, 2.45) is 5.10 Å². The molecule has 2 aliphatic heterocycles. The molecule has 1 aromatic carbocycles. The molecule has 0 unspecified atom stereocenters. The lowest BCUT2D eigenvalue weighted by atomic mass is 10.2. The molecule has 0 saturated carbocycles. The number of hydrogen-bond donors (Lipinski definition) is 1. The van der Waals surface area contributed by atoms with Crippen LogP contribution in [0.5, 0.6) is 0 Å². The van der Waals surface area contributed by atoms with Crippen LogP contribution < -0.4 is 15.2 Å². The van der Waals surface area contributed by atoms with E-state index >= 15 is 0 Å². The summed E-state index contributed by atoms with van der Waals surface area (Å²) >= 11 is 0. The largest absolute Gasteiger partial charge is 0.378 e. The number of hydrogen-bond acceptors (Lipinski definition) is 9. The zero-order valence-corrected chi connectivity index (χ0v) is 19.6. The fourth-order valence-electron chi connectivity index (χ4n) is 4.27. The van der Waals surface area contributed by atoms with E-state index in [0.717, 1.165) is 48.8 Å². The van der Waals surface area contributed by atoms with Crippen LogP contribution in [0.2, 0.25) is 0 Å². The Kier molecular flexibility index (Phi) is 6.68. The van der Waals surface area contributed by atoms with Crippen LogP contribution in [0.1, 0.15) is 17.0 Å². The summed E-state index contributed by atoms with van der Waals surface area (Å²) in [6.45, 7) is 9.85. The Bertz CT molecular complexity index is 1100. The van der Waals surface area contributed by atoms with Gasteiger partial charge in [0.15, 0.2) is 0 Å². The molecule has 10 nitrogen and oxygen atoms in total. The van der Waals surface area contributed by atoms with Gasteiger partial charge in [-0.25, -0.2) is 5.43 Å². The second kappa shape index (κ2) is 10.2. The number of rotatable bonds is 6. The Morgan fingerprint density at radius 2 is 1.44 bits per heavy atom. The zero-order chi connectivity index (χ0) is 23.3. The van der Waals surface area contributed by atoms with Gasteiger partial charge < -0.3 is 23.8 Å². The van der Waals surface area contributed by atoms with E-state index in [1.807, 2.05) is 24.4 Å². The predicted octanol–water partition coefficient (Wildman–Crippen LogP) is 2.40. The standard InChI is InChI=1S/C24H30N8O2/c1-18-16-20(19(2)32(18)21-6-4-3-5-7-21)17-25-29-22-26-23(30-8-12-33-13-9-30)28-24(27-22)31-10-14-34-15-11-31/h3-7,16-17H,8-15H2,1-2H3,(H,26,27,28,29)/b25-17+. The summed E-state index contributed by atoms with van der Waals surface area (Å²) in [5.41, 5.74) is 7.46. The summed E-state index contributed by atoms with van der Waals surface area (Å²) in [4.78, 5) is 18.3. The minimum absolute atomic E-state index is 0.422. The van der Waals surface area contributed by atoms with Crippen molar-refractivity contribution in [1.82, 2.24) is 19.5 Å². The molecule has 0 aliphatic carbocycles. The molecule has 0 amide bonds. The van der Waals surface area contributed by atoms with Crippen LogP contribution >= 0.6 is 0 Å². The zero-order valence-electron chi connectivity index (χ0n) is 19.6. The maximum absolute atomic E-state index is 5.49. The quantitative estimate of drug-likeness (QED) is 0.441. The molecule has 10 heteroatoms. The average molecular weight is 463 g/mol. The van der Waals surface area contributed by atoms with Crippen molar-refractivity contribution in [1.29, 1.82) is 0 Å². The lowest BCUT2D eigenvalue weighted by Crippen LogP contribution is -2.40. The smallest absolute Gasteiger partial charge is 0.250 e. The van der Waals surface area contributed by atoms with Gasteiger partial charge in [-0.1, -0.05) is 18.2 Å². The van der Waals surface area contributed by atoms with Crippen molar-refractivity contribution >= 4 is 24.1 Å². The first-order chi connectivity index (χ1) is 16.7. The van der Waals surface area contributed by atoms with Gasteiger partial charge >= 0.3 is 0 Å². The fourth-order valence-corrected chi connectivity index (χ4v) is 4.27. The van der Waals surface area contributed by atoms with E-state index in [4.69, 9.17) is 14.5 Å². The molecule has 1 N–H and O–H groups in total. The molecule has 2 aliphatic rings. The molecule has 5 rings (SSSR count). The SMILES string of the molecule is Cc1cc(/C=N/Nc2nc(N3CCOCC3)nc(N3CCOCC3)n2)c(C)n1-c1ccccc1. The van der Waals surface area contributed by atoms with Crippen LogP contribution in [0.3, 0.4) is 0 Å². The highest BCUT2D eigenvalue weighted by atomic mass is 16.5. The van der Waals surface area contributed by atoms with Gasteiger partial charge in [-0.2, -0.15) is 20.1 Å². The number of ether oxygens (including phenoxy) is 2. The maximum Gasteiger partial charge on any atom is 0.250 e. The van der Waals surface area contributed by atoms with Crippen LogP contribution in [0.4, 0.5) is 17.8 Å². The topological polar surface area (TPSA) is 92.9 Å².